The lowest BCUT2D eigenvalue weighted by Gasteiger charge is -2.19. The normalized spacial score (nSPS) is 11.5. The van der Waals surface area contributed by atoms with Gasteiger partial charge in [-0.15, -0.1) is 0 Å². The average Bonchev–Trinajstić information content (AvgIpc) is 2.67. The minimum Gasteiger partial charge on any atom is -0.325 e. The highest BCUT2D eigenvalue weighted by Gasteiger charge is 2.25. The van der Waals surface area contributed by atoms with Gasteiger partial charge in [0.05, 0.1) is 0 Å². The molecule has 0 aliphatic carbocycles. The Morgan fingerprint density at radius 1 is 0.880 bits per heavy atom. The standard InChI is InChI=1S/C19H15N3O3/c23-16(14-8-3-1-4-9-14)17(22-13-7-12-20-19(22)25)21-18(24)15-10-5-2-6-11-15/h1-13,17H,(H,21,24). The van der Waals surface area contributed by atoms with Crippen molar-refractivity contribution in [3.63, 3.8) is 0 Å². The third kappa shape index (κ3) is 3.69. The van der Waals surface area contributed by atoms with E-state index in [4.69, 9.17) is 0 Å². The SMILES string of the molecule is O=C(NC(C(=O)c1ccccc1)n1cccnc1=O)c1ccccc1. The molecule has 0 radical (unpaired) electrons. The van der Waals surface area contributed by atoms with Crippen molar-refractivity contribution in [3.05, 3.63) is 101 Å². The molecule has 3 rings (SSSR count). The van der Waals surface area contributed by atoms with Crippen molar-refractivity contribution in [1.82, 2.24) is 14.9 Å². The maximum atomic E-state index is 12.9. The number of nitrogens with zero attached hydrogens (tertiary/aromatic N) is 2. The van der Waals surface area contributed by atoms with Crippen molar-refractivity contribution in [3.8, 4) is 0 Å². The minimum absolute atomic E-state index is 0.386. The summed E-state index contributed by atoms with van der Waals surface area (Å²) in [6.45, 7) is 0. The molecule has 1 amide bonds. The van der Waals surface area contributed by atoms with Gasteiger partial charge in [0.2, 0.25) is 5.78 Å². The summed E-state index contributed by atoms with van der Waals surface area (Å²) >= 11 is 0. The first-order valence-electron chi connectivity index (χ1n) is 7.65. The predicted molar refractivity (Wildman–Crippen MR) is 92.2 cm³/mol. The minimum atomic E-state index is -1.18. The number of carbonyl (C=O) groups is 2. The second kappa shape index (κ2) is 7.35. The number of carbonyl (C=O) groups excluding carboxylic acids is 2. The van der Waals surface area contributed by atoms with Crippen LogP contribution in [0, 0.1) is 0 Å². The second-order valence-electron chi connectivity index (χ2n) is 5.28. The Morgan fingerprint density at radius 3 is 2.08 bits per heavy atom. The Balaban J connectivity index is 1.98. The number of amides is 1. The van der Waals surface area contributed by atoms with E-state index in [0.29, 0.717) is 11.1 Å². The third-order valence-corrected chi connectivity index (χ3v) is 3.63. The van der Waals surface area contributed by atoms with Gasteiger partial charge in [-0.3, -0.25) is 14.2 Å². The monoisotopic (exact) mass is 333 g/mol. The largest absolute Gasteiger partial charge is 0.349 e. The van der Waals surface area contributed by atoms with Gasteiger partial charge in [-0.05, 0) is 18.2 Å². The Morgan fingerprint density at radius 2 is 1.48 bits per heavy atom. The highest BCUT2D eigenvalue weighted by atomic mass is 16.2. The molecule has 3 aromatic rings. The van der Waals surface area contributed by atoms with Crippen LogP contribution in [-0.2, 0) is 0 Å². The number of hydrogen-bond donors (Lipinski definition) is 1. The molecule has 0 saturated heterocycles. The summed E-state index contributed by atoms with van der Waals surface area (Å²) in [6.07, 6.45) is 1.57. The van der Waals surface area contributed by atoms with Crippen LogP contribution in [0.15, 0.2) is 83.9 Å². The van der Waals surface area contributed by atoms with Gasteiger partial charge in [-0.1, -0.05) is 48.5 Å². The number of rotatable bonds is 5. The maximum absolute atomic E-state index is 12.9. The van der Waals surface area contributed by atoms with E-state index in [-0.39, 0.29) is 0 Å². The van der Waals surface area contributed by atoms with Crippen LogP contribution in [0.2, 0.25) is 0 Å². The smallest absolute Gasteiger partial charge is 0.325 e. The van der Waals surface area contributed by atoms with Gasteiger partial charge in [0.1, 0.15) is 0 Å². The first kappa shape index (κ1) is 16.3. The van der Waals surface area contributed by atoms with E-state index in [1.807, 2.05) is 0 Å². The summed E-state index contributed by atoms with van der Waals surface area (Å²) in [7, 11) is 0. The molecule has 1 N–H and O–H groups in total. The average molecular weight is 333 g/mol. The van der Waals surface area contributed by atoms with Crippen LogP contribution in [0.5, 0.6) is 0 Å². The summed E-state index contributed by atoms with van der Waals surface area (Å²) in [6, 6.07) is 18.5. The van der Waals surface area contributed by atoms with E-state index >= 15 is 0 Å². The molecule has 0 bridgehead atoms. The fourth-order valence-electron chi connectivity index (χ4n) is 2.38. The molecule has 25 heavy (non-hydrogen) atoms. The lowest BCUT2D eigenvalue weighted by molar-refractivity contribution is 0.0812. The quantitative estimate of drug-likeness (QED) is 0.725. The van der Waals surface area contributed by atoms with E-state index in [9.17, 15) is 14.4 Å². The fourth-order valence-corrected chi connectivity index (χ4v) is 2.38. The molecule has 0 fully saturated rings. The number of benzene rings is 2. The molecule has 6 nitrogen and oxygen atoms in total. The summed E-state index contributed by atoms with van der Waals surface area (Å²) in [5.41, 5.74) is 0.159. The fraction of sp³-hybridized carbons (Fsp3) is 0.0526. The summed E-state index contributed by atoms with van der Waals surface area (Å²) < 4.78 is 1.11. The van der Waals surface area contributed by atoms with E-state index in [1.54, 1.807) is 60.7 Å². The van der Waals surface area contributed by atoms with Crippen molar-refractivity contribution in [2.24, 2.45) is 0 Å². The first-order valence-corrected chi connectivity index (χ1v) is 7.65. The van der Waals surface area contributed by atoms with Crippen LogP contribution in [0.3, 0.4) is 0 Å². The summed E-state index contributed by atoms with van der Waals surface area (Å²) in [5, 5.41) is 2.62. The molecule has 1 aromatic heterocycles. The molecule has 0 spiro atoms. The zero-order valence-corrected chi connectivity index (χ0v) is 13.2. The summed E-state index contributed by atoms with van der Waals surface area (Å²) in [4.78, 5) is 41.1. The highest BCUT2D eigenvalue weighted by Crippen LogP contribution is 2.12. The molecule has 0 saturated carbocycles. The number of hydrogen-bond acceptors (Lipinski definition) is 4. The van der Waals surface area contributed by atoms with E-state index in [0.717, 1.165) is 4.57 Å². The van der Waals surface area contributed by atoms with Gasteiger partial charge < -0.3 is 5.32 Å². The number of aromatic nitrogens is 2. The number of nitrogens with one attached hydrogen (secondary N) is 1. The van der Waals surface area contributed by atoms with Crippen molar-refractivity contribution in [1.29, 1.82) is 0 Å². The van der Waals surface area contributed by atoms with Crippen molar-refractivity contribution in [2.75, 3.05) is 0 Å². The Kier molecular flexibility index (Phi) is 4.80. The van der Waals surface area contributed by atoms with Gasteiger partial charge >= 0.3 is 5.69 Å². The van der Waals surface area contributed by atoms with Gasteiger partial charge in [0, 0.05) is 23.5 Å². The van der Waals surface area contributed by atoms with Crippen molar-refractivity contribution < 1.29 is 9.59 Å². The van der Waals surface area contributed by atoms with Crippen molar-refractivity contribution in [2.45, 2.75) is 6.17 Å². The van der Waals surface area contributed by atoms with Gasteiger partial charge in [-0.2, -0.15) is 0 Å². The van der Waals surface area contributed by atoms with Crippen LogP contribution in [-0.4, -0.2) is 21.2 Å². The topological polar surface area (TPSA) is 81.1 Å². The number of Topliss-reactive ketones (excluding diaryl/α,β-unsaturated/α-hetero) is 1. The molecular formula is C19H15N3O3. The molecule has 1 heterocycles. The zero-order valence-electron chi connectivity index (χ0n) is 13.2. The van der Waals surface area contributed by atoms with Crippen LogP contribution >= 0.6 is 0 Å². The third-order valence-electron chi connectivity index (χ3n) is 3.63. The van der Waals surface area contributed by atoms with Crippen LogP contribution in [0.25, 0.3) is 0 Å². The van der Waals surface area contributed by atoms with Gasteiger partial charge in [0.25, 0.3) is 5.91 Å². The molecule has 2 aromatic carbocycles. The van der Waals surface area contributed by atoms with E-state index < -0.39 is 23.5 Å². The van der Waals surface area contributed by atoms with Gasteiger partial charge in [0.15, 0.2) is 6.17 Å². The van der Waals surface area contributed by atoms with E-state index in [2.05, 4.69) is 10.3 Å². The summed E-state index contributed by atoms with van der Waals surface area (Å²) in [5.74, 6) is -0.856. The Bertz CT molecular complexity index is 937. The Hall–Kier alpha value is -3.54. The van der Waals surface area contributed by atoms with Crippen LogP contribution in [0.1, 0.15) is 26.9 Å². The predicted octanol–water partition coefficient (Wildman–Crippen LogP) is 2.05. The van der Waals surface area contributed by atoms with E-state index in [1.165, 1.54) is 18.5 Å². The van der Waals surface area contributed by atoms with Crippen LogP contribution in [0.4, 0.5) is 0 Å². The molecular weight excluding hydrogens is 318 g/mol. The molecule has 6 heteroatoms. The zero-order chi connectivity index (χ0) is 17.6. The number of ketones is 1. The lowest BCUT2D eigenvalue weighted by atomic mass is 10.1. The second-order valence-corrected chi connectivity index (χ2v) is 5.28. The molecule has 0 aliphatic heterocycles. The lowest BCUT2D eigenvalue weighted by Crippen LogP contribution is -2.42. The van der Waals surface area contributed by atoms with Gasteiger partial charge in [-0.25, -0.2) is 9.78 Å². The maximum Gasteiger partial charge on any atom is 0.349 e. The molecule has 1 atom stereocenters. The Labute approximate surface area is 143 Å². The molecule has 1 unspecified atom stereocenters. The van der Waals surface area contributed by atoms with Crippen molar-refractivity contribution >= 4 is 11.7 Å². The highest BCUT2D eigenvalue weighted by molar-refractivity contribution is 6.03. The molecule has 0 aliphatic rings. The first-order chi connectivity index (χ1) is 12.2. The van der Waals surface area contributed by atoms with Crippen LogP contribution < -0.4 is 11.0 Å². The molecule has 124 valence electrons.